The van der Waals surface area contributed by atoms with Crippen molar-refractivity contribution in [2.45, 2.75) is 6.92 Å². The first kappa shape index (κ1) is 16.1. The average Bonchev–Trinajstić information content (AvgIpc) is 2.62. The van der Waals surface area contributed by atoms with E-state index in [0.717, 1.165) is 5.56 Å². The third kappa shape index (κ3) is 3.40. The molecule has 124 valence electrons. The number of rotatable bonds is 2. The first-order chi connectivity index (χ1) is 11.5. The molecule has 1 heterocycles. The average molecular weight is 324 g/mol. The van der Waals surface area contributed by atoms with Gasteiger partial charge >= 0.3 is 0 Å². The summed E-state index contributed by atoms with van der Waals surface area (Å²) in [5, 5.41) is 9.30. The minimum atomic E-state index is -0.0718. The molecule has 0 bridgehead atoms. The minimum Gasteiger partial charge on any atom is -0.508 e. The Bertz CT molecular complexity index is 665. The van der Waals surface area contributed by atoms with Crippen LogP contribution in [0.3, 0.4) is 0 Å². The number of hydrogen-bond donors (Lipinski definition) is 1. The van der Waals surface area contributed by atoms with E-state index in [1.807, 2.05) is 31.2 Å². The SMILES string of the molecule is Cc1ccc(C(=O)N2CCN(C(=O)c3ccc(O)cc3)CC2)cc1. The third-order valence-electron chi connectivity index (χ3n) is 4.27. The predicted octanol–water partition coefficient (Wildman–Crippen LogP) is 2.30. The van der Waals surface area contributed by atoms with Gasteiger partial charge in [0, 0.05) is 37.3 Å². The number of aryl methyl sites for hydroxylation is 1. The zero-order valence-electron chi connectivity index (χ0n) is 13.6. The van der Waals surface area contributed by atoms with Crippen LogP contribution in [0.15, 0.2) is 48.5 Å². The maximum Gasteiger partial charge on any atom is 0.253 e. The van der Waals surface area contributed by atoms with Crippen LogP contribution in [0, 0.1) is 6.92 Å². The van der Waals surface area contributed by atoms with Crippen molar-refractivity contribution in [1.29, 1.82) is 0 Å². The highest BCUT2D eigenvalue weighted by molar-refractivity contribution is 5.96. The molecule has 0 spiro atoms. The highest BCUT2D eigenvalue weighted by atomic mass is 16.3. The van der Waals surface area contributed by atoms with Crippen molar-refractivity contribution in [1.82, 2.24) is 9.80 Å². The van der Waals surface area contributed by atoms with Crippen LogP contribution in [-0.4, -0.2) is 52.9 Å². The predicted molar refractivity (Wildman–Crippen MR) is 91.1 cm³/mol. The Kier molecular flexibility index (Phi) is 4.51. The number of phenols is 1. The summed E-state index contributed by atoms with van der Waals surface area (Å²) in [5.41, 5.74) is 2.35. The van der Waals surface area contributed by atoms with Crippen molar-refractivity contribution in [3.8, 4) is 5.75 Å². The molecule has 2 aromatic carbocycles. The molecule has 0 radical (unpaired) electrons. The second-order valence-corrected chi connectivity index (χ2v) is 6.00. The molecule has 1 aliphatic heterocycles. The lowest BCUT2D eigenvalue weighted by atomic mass is 10.1. The van der Waals surface area contributed by atoms with Gasteiger partial charge in [0.2, 0.25) is 0 Å². The van der Waals surface area contributed by atoms with Crippen molar-refractivity contribution in [2.24, 2.45) is 0 Å². The number of aromatic hydroxyl groups is 1. The topological polar surface area (TPSA) is 60.9 Å². The number of carbonyl (C=O) groups is 2. The van der Waals surface area contributed by atoms with Crippen LogP contribution in [0.2, 0.25) is 0 Å². The number of phenolic OH excluding ortho intramolecular Hbond substituents is 1. The second-order valence-electron chi connectivity index (χ2n) is 6.00. The molecule has 0 aromatic heterocycles. The monoisotopic (exact) mass is 324 g/mol. The lowest BCUT2D eigenvalue weighted by molar-refractivity contribution is 0.0535. The Balaban J connectivity index is 1.61. The summed E-state index contributed by atoms with van der Waals surface area (Å²) in [6, 6.07) is 13.8. The molecule has 0 unspecified atom stereocenters. The summed E-state index contributed by atoms with van der Waals surface area (Å²) in [5.74, 6) is 0.0734. The van der Waals surface area contributed by atoms with Crippen LogP contribution in [0.5, 0.6) is 5.75 Å². The fourth-order valence-electron chi connectivity index (χ4n) is 2.78. The van der Waals surface area contributed by atoms with Crippen LogP contribution in [-0.2, 0) is 0 Å². The van der Waals surface area contributed by atoms with E-state index in [4.69, 9.17) is 0 Å². The molecule has 5 heteroatoms. The van der Waals surface area contributed by atoms with Crippen LogP contribution in [0.25, 0.3) is 0 Å². The lowest BCUT2D eigenvalue weighted by Gasteiger charge is -2.35. The maximum absolute atomic E-state index is 12.5. The first-order valence-corrected chi connectivity index (χ1v) is 7.99. The summed E-state index contributed by atoms with van der Waals surface area (Å²) in [7, 11) is 0. The Morgan fingerprint density at radius 2 is 1.12 bits per heavy atom. The zero-order chi connectivity index (χ0) is 17.1. The van der Waals surface area contributed by atoms with Crippen molar-refractivity contribution in [2.75, 3.05) is 26.2 Å². The molecule has 3 rings (SSSR count). The van der Waals surface area contributed by atoms with Crippen LogP contribution in [0.4, 0.5) is 0 Å². The van der Waals surface area contributed by atoms with Crippen LogP contribution >= 0.6 is 0 Å². The minimum absolute atomic E-state index is 0.00623. The van der Waals surface area contributed by atoms with Gasteiger partial charge in [0.1, 0.15) is 5.75 Å². The standard InChI is InChI=1S/C19H20N2O3/c1-14-2-4-15(5-3-14)18(23)20-10-12-21(13-11-20)19(24)16-6-8-17(22)9-7-16/h2-9,22H,10-13H2,1H3. The number of benzene rings is 2. The summed E-state index contributed by atoms with van der Waals surface area (Å²) in [4.78, 5) is 28.4. The highest BCUT2D eigenvalue weighted by Crippen LogP contribution is 2.15. The fourth-order valence-corrected chi connectivity index (χ4v) is 2.78. The van der Waals surface area contributed by atoms with Gasteiger partial charge in [-0.05, 0) is 43.3 Å². The van der Waals surface area contributed by atoms with Crippen molar-refractivity contribution in [3.05, 3.63) is 65.2 Å². The number of nitrogens with zero attached hydrogens (tertiary/aromatic N) is 2. The third-order valence-corrected chi connectivity index (χ3v) is 4.27. The van der Waals surface area contributed by atoms with Gasteiger partial charge < -0.3 is 14.9 Å². The number of amides is 2. The van der Waals surface area contributed by atoms with E-state index in [1.165, 1.54) is 12.1 Å². The molecule has 2 aromatic rings. The highest BCUT2D eigenvalue weighted by Gasteiger charge is 2.25. The van der Waals surface area contributed by atoms with Crippen molar-refractivity contribution < 1.29 is 14.7 Å². The summed E-state index contributed by atoms with van der Waals surface area (Å²) >= 11 is 0. The molecular formula is C19H20N2O3. The molecule has 5 nitrogen and oxygen atoms in total. The molecule has 1 saturated heterocycles. The van der Waals surface area contributed by atoms with E-state index in [1.54, 1.807) is 21.9 Å². The lowest BCUT2D eigenvalue weighted by Crippen LogP contribution is -2.50. The molecule has 0 atom stereocenters. The van der Waals surface area contributed by atoms with Gasteiger partial charge in [-0.15, -0.1) is 0 Å². The number of piperazine rings is 1. The van der Waals surface area contributed by atoms with Gasteiger partial charge in [-0.1, -0.05) is 17.7 Å². The quantitative estimate of drug-likeness (QED) is 0.922. The summed E-state index contributed by atoms with van der Waals surface area (Å²) < 4.78 is 0. The van der Waals surface area contributed by atoms with Gasteiger partial charge in [0.15, 0.2) is 0 Å². The van der Waals surface area contributed by atoms with Gasteiger partial charge in [0.25, 0.3) is 11.8 Å². The van der Waals surface area contributed by atoms with Crippen LogP contribution in [0.1, 0.15) is 26.3 Å². The van der Waals surface area contributed by atoms with Gasteiger partial charge in [0.05, 0.1) is 0 Å². The molecule has 1 aliphatic rings. The molecular weight excluding hydrogens is 304 g/mol. The zero-order valence-corrected chi connectivity index (χ0v) is 13.6. The summed E-state index contributed by atoms with van der Waals surface area (Å²) in [6.07, 6.45) is 0. The molecule has 0 aliphatic carbocycles. The Morgan fingerprint density at radius 3 is 1.54 bits per heavy atom. The van der Waals surface area contributed by atoms with E-state index in [9.17, 15) is 14.7 Å². The smallest absolute Gasteiger partial charge is 0.253 e. The van der Waals surface area contributed by atoms with Crippen molar-refractivity contribution in [3.63, 3.8) is 0 Å². The molecule has 1 fully saturated rings. The van der Waals surface area contributed by atoms with E-state index < -0.39 is 0 Å². The first-order valence-electron chi connectivity index (χ1n) is 7.99. The van der Waals surface area contributed by atoms with Gasteiger partial charge in [-0.25, -0.2) is 0 Å². The Labute approximate surface area is 141 Å². The normalized spacial score (nSPS) is 14.5. The fraction of sp³-hybridized carbons (Fsp3) is 0.263. The molecule has 0 saturated carbocycles. The van der Waals surface area contributed by atoms with E-state index in [0.29, 0.717) is 37.3 Å². The van der Waals surface area contributed by atoms with Gasteiger partial charge in [-0.3, -0.25) is 9.59 Å². The Hall–Kier alpha value is -2.82. The van der Waals surface area contributed by atoms with E-state index >= 15 is 0 Å². The van der Waals surface area contributed by atoms with Gasteiger partial charge in [-0.2, -0.15) is 0 Å². The molecule has 24 heavy (non-hydrogen) atoms. The second kappa shape index (κ2) is 6.74. The number of carbonyl (C=O) groups excluding carboxylic acids is 2. The van der Waals surface area contributed by atoms with Crippen molar-refractivity contribution >= 4 is 11.8 Å². The molecule has 1 N–H and O–H groups in total. The maximum atomic E-state index is 12.5. The summed E-state index contributed by atoms with van der Waals surface area (Å²) in [6.45, 7) is 4.06. The Morgan fingerprint density at radius 1 is 0.750 bits per heavy atom. The number of hydrogen-bond acceptors (Lipinski definition) is 3. The van der Waals surface area contributed by atoms with Crippen LogP contribution < -0.4 is 0 Å². The molecule has 2 amide bonds. The largest absolute Gasteiger partial charge is 0.508 e. The van der Waals surface area contributed by atoms with E-state index in [2.05, 4.69) is 0 Å². The van der Waals surface area contributed by atoms with E-state index in [-0.39, 0.29) is 17.6 Å².